The summed E-state index contributed by atoms with van der Waals surface area (Å²) < 4.78 is 5.21. The van der Waals surface area contributed by atoms with Crippen LogP contribution in [0.3, 0.4) is 0 Å². The quantitative estimate of drug-likeness (QED) is 0.829. The normalized spacial score (nSPS) is 10.3. The maximum Gasteiger partial charge on any atom is 0.134 e. The maximum atomic E-state index is 11.1. The minimum absolute atomic E-state index is 0.188. The van der Waals surface area contributed by atoms with Gasteiger partial charge in [-0.25, -0.2) is 0 Å². The molecule has 0 unspecified atom stereocenters. The van der Waals surface area contributed by atoms with Gasteiger partial charge in [0.05, 0.1) is 7.11 Å². The van der Waals surface area contributed by atoms with Crippen molar-refractivity contribution in [1.82, 2.24) is 0 Å². The topological polar surface area (TPSA) is 26.3 Å². The molecule has 0 atom stereocenters. The van der Waals surface area contributed by atoms with Gasteiger partial charge in [-0.05, 0) is 48.2 Å². The second-order valence-corrected chi connectivity index (χ2v) is 4.76. The number of hydrogen-bond donors (Lipinski definition) is 0. The van der Waals surface area contributed by atoms with Crippen molar-refractivity contribution < 1.29 is 9.53 Å². The van der Waals surface area contributed by atoms with E-state index in [1.807, 2.05) is 24.3 Å². The highest BCUT2D eigenvalue weighted by Gasteiger charge is 2.04. The molecule has 0 saturated carbocycles. The first kappa shape index (κ1) is 13.3. The minimum atomic E-state index is 0.188. The van der Waals surface area contributed by atoms with Crippen molar-refractivity contribution in [3.63, 3.8) is 0 Å². The van der Waals surface area contributed by atoms with E-state index in [0.717, 1.165) is 16.9 Å². The van der Waals surface area contributed by atoms with E-state index < -0.39 is 0 Å². The number of carbonyl (C=O) groups is 1. The lowest BCUT2D eigenvalue weighted by Crippen LogP contribution is -1.95. The Morgan fingerprint density at radius 2 is 1.79 bits per heavy atom. The molecule has 0 radical (unpaired) electrons. The molecule has 0 aromatic heterocycles. The molecule has 0 aliphatic carbocycles. The highest BCUT2D eigenvalue weighted by molar-refractivity contribution is 5.78. The molecular weight excluding hydrogens is 236 g/mol. The first-order valence-electron chi connectivity index (χ1n) is 6.33. The number of carbonyl (C=O) groups excluding carboxylic acids is 1. The third-order valence-electron chi connectivity index (χ3n) is 3.15. The third kappa shape index (κ3) is 3.22. The molecule has 0 aliphatic heterocycles. The Bertz CT molecular complexity index is 583. The van der Waals surface area contributed by atoms with Crippen molar-refractivity contribution in [2.24, 2.45) is 0 Å². The molecule has 0 amide bonds. The number of aryl methyl sites for hydroxylation is 1. The summed E-state index contributed by atoms with van der Waals surface area (Å²) in [6.07, 6.45) is 0.502. The Morgan fingerprint density at radius 1 is 1.11 bits per heavy atom. The Balaban J connectivity index is 2.29. The minimum Gasteiger partial charge on any atom is -0.497 e. The van der Waals surface area contributed by atoms with E-state index in [1.165, 1.54) is 11.1 Å². The van der Waals surface area contributed by atoms with Crippen molar-refractivity contribution >= 4 is 5.78 Å². The molecule has 19 heavy (non-hydrogen) atoms. The van der Waals surface area contributed by atoms with Gasteiger partial charge in [-0.15, -0.1) is 0 Å². The molecule has 2 aromatic carbocycles. The van der Waals surface area contributed by atoms with E-state index in [1.54, 1.807) is 14.0 Å². The summed E-state index contributed by atoms with van der Waals surface area (Å²) in [7, 11) is 1.67. The molecule has 0 heterocycles. The van der Waals surface area contributed by atoms with E-state index in [9.17, 15) is 4.79 Å². The van der Waals surface area contributed by atoms with Gasteiger partial charge < -0.3 is 4.74 Å². The molecule has 2 heteroatoms. The SMILES string of the molecule is COc1ccc(-c2ccc(CC(C)=O)cc2)c(C)c1. The molecule has 2 nitrogen and oxygen atoms in total. The largest absolute Gasteiger partial charge is 0.497 e. The fraction of sp³-hybridized carbons (Fsp3) is 0.235. The van der Waals surface area contributed by atoms with Gasteiger partial charge in [0.1, 0.15) is 11.5 Å². The van der Waals surface area contributed by atoms with E-state index in [-0.39, 0.29) is 5.78 Å². The zero-order valence-corrected chi connectivity index (χ0v) is 11.6. The van der Waals surface area contributed by atoms with Crippen molar-refractivity contribution in [2.45, 2.75) is 20.3 Å². The Labute approximate surface area is 114 Å². The van der Waals surface area contributed by atoms with Crippen LogP contribution in [0.1, 0.15) is 18.1 Å². The van der Waals surface area contributed by atoms with Crippen LogP contribution in [0.4, 0.5) is 0 Å². The molecule has 2 rings (SSSR count). The predicted octanol–water partition coefficient (Wildman–Crippen LogP) is 3.80. The molecule has 2 aromatic rings. The van der Waals surface area contributed by atoms with Gasteiger partial charge in [-0.2, -0.15) is 0 Å². The second kappa shape index (κ2) is 5.70. The van der Waals surface area contributed by atoms with Crippen LogP contribution in [-0.4, -0.2) is 12.9 Å². The fourth-order valence-corrected chi connectivity index (χ4v) is 2.18. The van der Waals surface area contributed by atoms with Crippen LogP contribution in [0.25, 0.3) is 11.1 Å². The number of hydrogen-bond acceptors (Lipinski definition) is 2. The Morgan fingerprint density at radius 3 is 2.32 bits per heavy atom. The monoisotopic (exact) mass is 254 g/mol. The van der Waals surface area contributed by atoms with Crippen LogP contribution in [-0.2, 0) is 11.2 Å². The molecular formula is C17H18O2. The number of Topliss-reactive ketones (excluding diaryl/α,β-unsaturated/α-hetero) is 1. The lowest BCUT2D eigenvalue weighted by atomic mass is 9.98. The third-order valence-corrected chi connectivity index (χ3v) is 3.15. The van der Waals surface area contributed by atoms with Gasteiger partial charge in [-0.1, -0.05) is 30.3 Å². The molecule has 0 saturated heterocycles. The summed E-state index contributed by atoms with van der Waals surface area (Å²) in [6.45, 7) is 3.68. The zero-order chi connectivity index (χ0) is 13.8. The average molecular weight is 254 g/mol. The van der Waals surface area contributed by atoms with E-state index in [2.05, 4.69) is 25.1 Å². The fourth-order valence-electron chi connectivity index (χ4n) is 2.18. The standard InChI is InChI=1S/C17H18O2/c1-12-10-16(19-3)8-9-17(12)15-6-4-14(5-7-15)11-13(2)18/h4-10H,11H2,1-3H3. The van der Waals surface area contributed by atoms with Gasteiger partial charge in [0.15, 0.2) is 0 Å². The van der Waals surface area contributed by atoms with Gasteiger partial charge in [0, 0.05) is 6.42 Å². The van der Waals surface area contributed by atoms with Crippen molar-refractivity contribution in [3.05, 3.63) is 53.6 Å². The second-order valence-electron chi connectivity index (χ2n) is 4.76. The first-order valence-corrected chi connectivity index (χ1v) is 6.33. The van der Waals surface area contributed by atoms with E-state index >= 15 is 0 Å². The lowest BCUT2D eigenvalue weighted by Gasteiger charge is -2.09. The predicted molar refractivity (Wildman–Crippen MR) is 77.6 cm³/mol. The number of ketones is 1. The molecule has 98 valence electrons. The first-order chi connectivity index (χ1) is 9.10. The molecule has 0 spiro atoms. The highest BCUT2D eigenvalue weighted by atomic mass is 16.5. The van der Waals surface area contributed by atoms with E-state index in [4.69, 9.17) is 4.74 Å². The number of methoxy groups -OCH3 is 1. The van der Waals surface area contributed by atoms with Crippen molar-refractivity contribution in [1.29, 1.82) is 0 Å². The van der Waals surface area contributed by atoms with Crippen molar-refractivity contribution in [2.75, 3.05) is 7.11 Å². The van der Waals surface area contributed by atoms with Gasteiger partial charge in [0.2, 0.25) is 0 Å². The summed E-state index contributed by atoms with van der Waals surface area (Å²) >= 11 is 0. The number of benzene rings is 2. The van der Waals surface area contributed by atoms with Gasteiger partial charge in [0.25, 0.3) is 0 Å². The van der Waals surface area contributed by atoms with Crippen LogP contribution in [0, 0.1) is 6.92 Å². The summed E-state index contributed by atoms with van der Waals surface area (Å²) in [5.74, 6) is 1.06. The smallest absolute Gasteiger partial charge is 0.134 e. The Hall–Kier alpha value is -2.09. The number of rotatable bonds is 4. The average Bonchev–Trinajstić information content (AvgIpc) is 2.39. The maximum absolute atomic E-state index is 11.1. The summed E-state index contributed by atoms with van der Waals surface area (Å²) in [4.78, 5) is 11.1. The lowest BCUT2D eigenvalue weighted by molar-refractivity contribution is -0.116. The van der Waals surface area contributed by atoms with Crippen LogP contribution in [0.2, 0.25) is 0 Å². The molecule has 0 N–H and O–H groups in total. The van der Waals surface area contributed by atoms with Gasteiger partial charge >= 0.3 is 0 Å². The summed E-state index contributed by atoms with van der Waals surface area (Å²) in [6, 6.07) is 14.2. The molecule has 0 bridgehead atoms. The van der Waals surface area contributed by atoms with Crippen LogP contribution in [0.5, 0.6) is 5.75 Å². The van der Waals surface area contributed by atoms with Crippen LogP contribution < -0.4 is 4.74 Å². The number of ether oxygens (including phenoxy) is 1. The summed E-state index contributed by atoms with van der Waals surface area (Å²) in [5, 5.41) is 0. The van der Waals surface area contributed by atoms with Gasteiger partial charge in [-0.3, -0.25) is 4.79 Å². The van der Waals surface area contributed by atoms with E-state index in [0.29, 0.717) is 6.42 Å². The molecule has 0 fully saturated rings. The molecule has 0 aliphatic rings. The summed E-state index contributed by atoms with van der Waals surface area (Å²) in [5.41, 5.74) is 4.59. The highest BCUT2D eigenvalue weighted by Crippen LogP contribution is 2.27. The van der Waals surface area contributed by atoms with Crippen LogP contribution in [0.15, 0.2) is 42.5 Å². The van der Waals surface area contributed by atoms with Crippen molar-refractivity contribution in [3.8, 4) is 16.9 Å². The Kier molecular flexibility index (Phi) is 4.00. The zero-order valence-electron chi connectivity index (χ0n) is 11.6. The van der Waals surface area contributed by atoms with Crippen LogP contribution >= 0.6 is 0 Å².